The lowest BCUT2D eigenvalue weighted by Gasteiger charge is -2.40. The number of hydrogen-bond acceptors (Lipinski definition) is 3. The van der Waals surface area contributed by atoms with Gasteiger partial charge in [-0.1, -0.05) is 12.8 Å². The standard InChI is InChI=1S/C16H26N2O3/c19-14-9-12(11-17-14)13-5-1-4-8-18(13)15(20)10-16(21)6-2-3-7-16/h12-13,21H,1-11H2,(H,17,19). The zero-order valence-electron chi connectivity index (χ0n) is 12.6. The summed E-state index contributed by atoms with van der Waals surface area (Å²) in [6.45, 7) is 1.47. The smallest absolute Gasteiger partial charge is 0.225 e. The zero-order chi connectivity index (χ0) is 14.9. The van der Waals surface area contributed by atoms with Crippen LogP contribution in [0.3, 0.4) is 0 Å². The minimum atomic E-state index is -0.775. The van der Waals surface area contributed by atoms with E-state index < -0.39 is 5.60 Å². The Hall–Kier alpha value is -1.10. The lowest BCUT2D eigenvalue weighted by molar-refractivity contribution is -0.141. The van der Waals surface area contributed by atoms with Crippen LogP contribution in [0.25, 0.3) is 0 Å². The fraction of sp³-hybridized carbons (Fsp3) is 0.875. The van der Waals surface area contributed by atoms with Crippen LogP contribution in [0.15, 0.2) is 0 Å². The van der Waals surface area contributed by atoms with Crippen LogP contribution < -0.4 is 5.32 Å². The van der Waals surface area contributed by atoms with Gasteiger partial charge in [-0.05, 0) is 32.1 Å². The molecular formula is C16H26N2O3. The first-order valence-corrected chi connectivity index (χ1v) is 8.36. The van der Waals surface area contributed by atoms with E-state index in [2.05, 4.69) is 5.32 Å². The number of piperidine rings is 1. The minimum absolute atomic E-state index is 0.0865. The maximum atomic E-state index is 12.7. The molecule has 5 heteroatoms. The van der Waals surface area contributed by atoms with E-state index in [1.807, 2.05) is 4.90 Å². The molecule has 2 N–H and O–H groups in total. The molecule has 0 radical (unpaired) electrons. The van der Waals surface area contributed by atoms with E-state index >= 15 is 0 Å². The summed E-state index contributed by atoms with van der Waals surface area (Å²) in [6.07, 6.45) is 7.50. The summed E-state index contributed by atoms with van der Waals surface area (Å²) < 4.78 is 0. The topological polar surface area (TPSA) is 69.6 Å². The molecule has 2 heterocycles. The Morgan fingerprint density at radius 3 is 2.71 bits per heavy atom. The first kappa shape index (κ1) is 14.8. The third-order valence-electron chi connectivity index (χ3n) is 5.44. The average molecular weight is 294 g/mol. The van der Waals surface area contributed by atoms with Gasteiger partial charge in [0.05, 0.1) is 12.0 Å². The lowest BCUT2D eigenvalue weighted by Crippen LogP contribution is -2.50. The van der Waals surface area contributed by atoms with Crippen LogP contribution in [0, 0.1) is 5.92 Å². The van der Waals surface area contributed by atoms with Crippen LogP contribution >= 0.6 is 0 Å². The van der Waals surface area contributed by atoms with E-state index in [9.17, 15) is 14.7 Å². The highest BCUT2D eigenvalue weighted by molar-refractivity contribution is 5.80. The highest BCUT2D eigenvalue weighted by Crippen LogP contribution is 2.35. The largest absolute Gasteiger partial charge is 0.389 e. The van der Waals surface area contributed by atoms with E-state index in [4.69, 9.17) is 0 Å². The second kappa shape index (κ2) is 5.95. The fourth-order valence-electron chi connectivity index (χ4n) is 4.25. The third kappa shape index (κ3) is 3.23. The molecule has 3 aliphatic rings. The van der Waals surface area contributed by atoms with E-state index in [0.29, 0.717) is 13.0 Å². The van der Waals surface area contributed by atoms with Crippen LogP contribution in [-0.2, 0) is 9.59 Å². The van der Waals surface area contributed by atoms with Crippen molar-refractivity contribution in [2.24, 2.45) is 5.92 Å². The van der Waals surface area contributed by atoms with Gasteiger partial charge in [-0.25, -0.2) is 0 Å². The Labute approximate surface area is 126 Å². The third-order valence-corrected chi connectivity index (χ3v) is 5.44. The van der Waals surface area contributed by atoms with Crippen molar-refractivity contribution in [2.45, 2.75) is 69.4 Å². The van der Waals surface area contributed by atoms with Gasteiger partial charge in [-0.15, -0.1) is 0 Å². The molecule has 0 aromatic rings. The van der Waals surface area contributed by atoms with Crippen molar-refractivity contribution in [1.82, 2.24) is 10.2 Å². The molecular weight excluding hydrogens is 268 g/mol. The highest BCUT2D eigenvalue weighted by Gasteiger charge is 2.40. The van der Waals surface area contributed by atoms with Gasteiger partial charge in [-0.3, -0.25) is 9.59 Å². The minimum Gasteiger partial charge on any atom is -0.389 e. The fourth-order valence-corrected chi connectivity index (χ4v) is 4.25. The maximum Gasteiger partial charge on any atom is 0.225 e. The monoisotopic (exact) mass is 294 g/mol. The van der Waals surface area contributed by atoms with Gasteiger partial charge in [0.25, 0.3) is 0 Å². The second-order valence-electron chi connectivity index (χ2n) is 7.03. The van der Waals surface area contributed by atoms with E-state index in [0.717, 1.165) is 51.5 Å². The molecule has 118 valence electrons. The zero-order valence-corrected chi connectivity index (χ0v) is 12.6. The van der Waals surface area contributed by atoms with Gasteiger partial charge in [0.2, 0.25) is 11.8 Å². The Morgan fingerprint density at radius 1 is 1.29 bits per heavy atom. The summed E-state index contributed by atoms with van der Waals surface area (Å²) in [5.74, 6) is 0.441. The maximum absolute atomic E-state index is 12.7. The number of hydrogen-bond donors (Lipinski definition) is 2. The van der Waals surface area contributed by atoms with Crippen molar-refractivity contribution in [3.8, 4) is 0 Å². The molecule has 3 fully saturated rings. The van der Waals surface area contributed by atoms with Crippen molar-refractivity contribution in [1.29, 1.82) is 0 Å². The number of carbonyl (C=O) groups excluding carboxylic acids is 2. The molecule has 0 aromatic carbocycles. The van der Waals surface area contributed by atoms with Crippen molar-refractivity contribution < 1.29 is 14.7 Å². The Balaban J connectivity index is 1.65. The molecule has 2 saturated heterocycles. The molecule has 1 aliphatic carbocycles. The molecule has 21 heavy (non-hydrogen) atoms. The van der Waals surface area contributed by atoms with Crippen molar-refractivity contribution >= 4 is 11.8 Å². The lowest BCUT2D eigenvalue weighted by atomic mass is 9.88. The van der Waals surface area contributed by atoms with Crippen LogP contribution in [0.1, 0.15) is 57.8 Å². The second-order valence-corrected chi connectivity index (χ2v) is 7.03. The number of carbonyl (C=O) groups is 2. The first-order chi connectivity index (χ1) is 10.1. The van der Waals surface area contributed by atoms with Crippen LogP contribution in [0.5, 0.6) is 0 Å². The average Bonchev–Trinajstić information content (AvgIpc) is 3.08. The van der Waals surface area contributed by atoms with E-state index in [1.54, 1.807) is 0 Å². The molecule has 2 aliphatic heterocycles. The van der Waals surface area contributed by atoms with Gasteiger partial charge >= 0.3 is 0 Å². The van der Waals surface area contributed by atoms with Crippen LogP contribution in [0.2, 0.25) is 0 Å². The summed E-state index contributed by atoms with van der Waals surface area (Å²) in [5, 5.41) is 13.4. The van der Waals surface area contributed by atoms with Crippen LogP contribution in [0.4, 0.5) is 0 Å². The Kier molecular flexibility index (Phi) is 4.20. The molecule has 0 spiro atoms. The predicted molar refractivity (Wildman–Crippen MR) is 78.5 cm³/mol. The van der Waals surface area contributed by atoms with Gasteiger partial charge in [0, 0.05) is 31.5 Å². The first-order valence-electron chi connectivity index (χ1n) is 8.36. The molecule has 3 rings (SSSR count). The summed E-state index contributed by atoms with van der Waals surface area (Å²) in [7, 11) is 0. The molecule has 2 atom stereocenters. The number of rotatable bonds is 3. The Morgan fingerprint density at radius 2 is 2.05 bits per heavy atom. The van der Waals surface area contributed by atoms with Crippen LogP contribution in [-0.4, -0.2) is 46.6 Å². The normalized spacial score (nSPS) is 32.2. The van der Waals surface area contributed by atoms with Gasteiger partial charge in [-0.2, -0.15) is 0 Å². The van der Waals surface area contributed by atoms with Crippen molar-refractivity contribution in [3.63, 3.8) is 0 Å². The van der Waals surface area contributed by atoms with Crippen molar-refractivity contribution in [3.05, 3.63) is 0 Å². The van der Waals surface area contributed by atoms with Gasteiger partial charge in [0.1, 0.15) is 0 Å². The number of nitrogens with zero attached hydrogens (tertiary/aromatic N) is 1. The Bertz CT molecular complexity index is 418. The molecule has 0 bridgehead atoms. The molecule has 2 amide bonds. The van der Waals surface area contributed by atoms with E-state index in [-0.39, 0.29) is 30.2 Å². The van der Waals surface area contributed by atoms with E-state index in [1.165, 1.54) is 0 Å². The van der Waals surface area contributed by atoms with Crippen molar-refractivity contribution in [2.75, 3.05) is 13.1 Å². The summed E-state index contributed by atoms with van der Waals surface area (Å²) in [5.41, 5.74) is -0.775. The highest BCUT2D eigenvalue weighted by atomic mass is 16.3. The van der Waals surface area contributed by atoms with Gasteiger partial charge < -0.3 is 15.3 Å². The molecule has 2 unspecified atom stereocenters. The predicted octanol–water partition coefficient (Wildman–Crippen LogP) is 1.20. The van der Waals surface area contributed by atoms with Gasteiger partial charge in [0.15, 0.2) is 0 Å². The number of nitrogens with one attached hydrogen (secondary N) is 1. The number of likely N-dealkylation sites (tertiary alicyclic amines) is 1. The summed E-state index contributed by atoms with van der Waals surface area (Å²) >= 11 is 0. The summed E-state index contributed by atoms with van der Waals surface area (Å²) in [4.78, 5) is 26.1. The quantitative estimate of drug-likeness (QED) is 0.821. The summed E-state index contributed by atoms with van der Waals surface area (Å²) in [6, 6.07) is 0.176. The number of aliphatic hydroxyl groups is 1. The molecule has 5 nitrogen and oxygen atoms in total. The number of amides is 2. The molecule has 1 saturated carbocycles. The molecule has 0 aromatic heterocycles. The SMILES string of the molecule is O=C1CC(C2CCCCN2C(=O)CC2(O)CCCC2)CN1.